The maximum absolute atomic E-state index is 13.2. The summed E-state index contributed by atoms with van der Waals surface area (Å²) in [4.78, 5) is 38.8. The van der Waals surface area contributed by atoms with E-state index in [9.17, 15) is 19.5 Å². The Morgan fingerprint density at radius 1 is 1.07 bits per heavy atom. The molecule has 2 bridgehead atoms. The summed E-state index contributed by atoms with van der Waals surface area (Å²) in [6, 6.07) is 0. The minimum absolute atomic E-state index is 0.262. The van der Waals surface area contributed by atoms with Gasteiger partial charge in [-0.1, -0.05) is 19.3 Å². The van der Waals surface area contributed by atoms with Crippen molar-refractivity contribution in [1.82, 2.24) is 0 Å². The third kappa shape index (κ3) is 3.99. The van der Waals surface area contributed by atoms with Crippen molar-refractivity contribution < 1.29 is 29.0 Å². The standard InChI is InChI=1S/C22H29NO6S/c1-2-28-22(27)16-12-8-6-4-3-5-7-9-15(12)30-20(16)23-19(24)17-13-10-11-14(29-13)18(17)21(25)26/h13-14,17-18H,2-11H2,1H3,(H,23,24)(H,25,26)/t13-,14-,17+,18+/m1/s1. The fourth-order valence-electron chi connectivity index (χ4n) is 5.12. The van der Waals surface area contributed by atoms with E-state index in [0.717, 1.165) is 49.0 Å². The lowest BCUT2D eigenvalue weighted by Gasteiger charge is -2.23. The third-order valence-electron chi connectivity index (χ3n) is 6.50. The van der Waals surface area contributed by atoms with Crippen molar-refractivity contribution >= 4 is 34.2 Å². The molecule has 3 heterocycles. The first-order valence-corrected chi connectivity index (χ1v) is 11.8. The molecule has 2 aliphatic heterocycles. The van der Waals surface area contributed by atoms with Crippen LogP contribution in [0.25, 0.3) is 0 Å². The molecular weight excluding hydrogens is 406 g/mol. The third-order valence-corrected chi connectivity index (χ3v) is 7.71. The minimum Gasteiger partial charge on any atom is -0.481 e. The van der Waals surface area contributed by atoms with Crippen LogP contribution in [0.4, 0.5) is 5.00 Å². The molecule has 2 N–H and O–H groups in total. The number of thiophene rings is 1. The number of hydrogen-bond donors (Lipinski definition) is 2. The molecule has 1 aliphatic carbocycles. The van der Waals surface area contributed by atoms with Crippen molar-refractivity contribution in [2.24, 2.45) is 11.8 Å². The normalized spacial score (nSPS) is 28.2. The average Bonchev–Trinajstić information content (AvgIpc) is 3.40. The van der Waals surface area contributed by atoms with Crippen molar-refractivity contribution in [2.75, 3.05) is 11.9 Å². The van der Waals surface area contributed by atoms with E-state index in [1.54, 1.807) is 6.92 Å². The van der Waals surface area contributed by atoms with E-state index in [1.165, 1.54) is 17.8 Å². The number of carboxylic acid groups (broad SMARTS) is 1. The van der Waals surface area contributed by atoms with Crippen LogP contribution >= 0.6 is 11.3 Å². The van der Waals surface area contributed by atoms with E-state index in [-0.39, 0.29) is 18.6 Å². The number of carbonyl (C=O) groups excluding carboxylic acids is 2. The van der Waals surface area contributed by atoms with E-state index in [1.807, 2.05) is 0 Å². The number of aryl methyl sites for hydroxylation is 1. The molecule has 1 aromatic heterocycles. The Morgan fingerprint density at radius 3 is 2.43 bits per heavy atom. The van der Waals surface area contributed by atoms with Crippen molar-refractivity contribution in [1.29, 1.82) is 0 Å². The van der Waals surface area contributed by atoms with Crippen LogP contribution in [0.5, 0.6) is 0 Å². The highest BCUT2D eigenvalue weighted by Gasteiger charge is 2.55. The van der Waals surface area contributed by atoms with E-state index in [4.69, 9.17) is 9.47 Å². The zero-order valence-corrected chi connectivity index (χ0v) is 18.1. The highest BCUT2D eigenvalue weighted by atomic mass is 32.1. The summed E-state index contributed by atoms with van der Waals surface area (Å²) < 4.78 is 11.0. The Kier molecular flexibility index (Phi) is 6.43. The Bertz CT molecular complexity index is 834. The molecule has 0 spiro atoms. The number of anilines is 1. The van der Waals surface area contributed by atoms with Crippen molar-refractivity contribution in [3.63, 3.8) is 0 Å². The molecule has 2 saturated heterocycles. The van der Waals surface area contributed by atoms with Gasteiger partial charge in [0.05, 0.1) is 36.2 Å². The summed E-state index contributed by atoms with van der Waals surface area (Å²) in [5.74, 6) is -3.35. The van der Waals surface area contributed by atoms with Gasteiger partial charge in [-0.15, -0.1) is 11.3 Å². The zero-order valence-electron chi connectivity index (χ0n) is 17.3. The number of nitrogens with one attached hydrogen (secondary N) is 1. The number of carboxylic acids is 1. The largest absolute Gasteiger partial charge is 0.481 e. The van der Waals surface area contributed by atoms with E-state index in [2.05, 4.69) is 5.32 Å². The fraction of sp³-hybridized carbons (Fsp3) is 0.682. The molecule has 30 heavy (non-hydrogen) atoms. The van der Waals surface area contributed by atoms with Crippen LogP contribution in [-0.2, 0) is 31.9 Å². The quantitative estimate of drug-likeness (QED) is 0.683. The van der Waals surface area contributed by atoms with Gasteiger partial charge in [0.1, 0.15) is 5.00 Å². The Morgan fingerprint density at radius 2 is 1.73 bits per heavy atom. The average molecular weight is 436 g/mol. The van der Waals surface area contributed by atoms with Crippen LogP contribution in [0.2, 0.25) is 0 Å². The topological polar surface area (TPSA) is 102 Å². The maximum Gasteiger partial charge on any atom is 0.341 e. The van der Waals surface area contributed by atoms with Crippen LogP contribution in [0, 0.1) is 11.8 Å². The van der Waals surface area contributed by atoms with E-state index < -0.39 is 29.9 Å². The molecule has 2 fully saturated rings. The molecule has 0 saturated carbocycles. The van der Waals surface area contributed by atoms with Crippen LogP contribution in [0.15, 0.2) is 0 Å². The predicted octanol–water partition coefficient (Wildman–Crippen LogP) is 3.79. The summed E-state index contributed by atoms with van der Waals surface area (Å²) in [5.41, 5.74) is 1.46. The number of ether oxygens (including phenoxy) is 2. The zero-order chi connectivity index (χ0) is 21.3. The number of carbonyl (C=O) groups is 3. The molecular formula is C22H29NO6S. The lowest BCUT2D eigenvalue weighted by atomic mass is 9.78. The predicted molar refractivity (Wildman–Crippen MR) is 112 cm³/mol. The van der Waals surface area contributed by atoms with Crippen molar-refractivity contribution in [2.45, 2.75) is 76.9 Å². The van der Waals surface area contributed by atoms with Gasteiger partial charge in [-0.3, -0.25) is 9.59 Å². The van der Waals surface area contributed by atoms with Crippen molar-refractivity contribution in [3.05, 3.63) is 16.0 Å². The van der Waals surface area contributed by atoms with Crippen molar-refractivity contribution in [3.8, 4) is 0 Å². The Balaban J connectivity index is 1.63. The number of aliphatic carboxylic acids is 1. The molecule has 1 aromatic rings. The second kappa shape index (κ2) is 9.06. The number of hydrogen-bond acceptors (Lipinski definition) is 6. The lowest BCUT2D eigenvalue weighted by Crippen LogP contribution is -2.41. The minimum atomic E-state index is -0.998. The molecule has 4 rings (SSSR count). The van der Waals surface area contributed by atoms with Crippen LogP contribution in [-0.4, -0.2) is 41.8 Å². The monoisotopic (exact) mass is 435 g/mol. The fourth-order valence-corrected chi connectivity index (χ4v) is 6.40. The van der Waals surface area contributed by atoms with Gasteiger partial charge in [0.15, 0.2) is 0 Å². The highest BCUT2D eigenvalue weighted by Crippen LogP contribution is 2.45. The van der Waals surface area contributed by atoms with Gasteiger partial charge in [0.25, 0.3) is 0 Å². The first-order chi connectivity index (χ1) is 14.5. The lowest BCUT2D eigenvalue weighted by molar-refractivity contribution is -0.147. The first kappa shape index (κ1) is 21.3. The highest BCUT2D eigenvalue weighted by molar-refractivity contribution is 7.17. The second-order valence-corrected chi connectivity index (χ2v) is 9.47. The van der Waals surface area contributed by atoms with Gasteiger partial charge in [-0.05, 0) is 51.0 Å². The van der Waals surface area contributed by atoms with Gasteiger partial charge in [-0.2, -0.15) is 0 Å². The summed E-state index contributed by atoms with van der Waals surface area (Å²) in [6.45, 7) is 2.03. The number of amides is 1. The summed E-state index contributed by atoms with van der Waals surface area (Å²) >= 11 is 1.44. The van der Waals surface area contributed by atoms with Gasteiger partial charge in [0, 0.05) is 4.88 Å². The summed E-state index contributed by atoms with van der Waals surface area (Å²) in [5, 5.41) is 13.0. The summed E-state index contributed by atoms with van der Waals surface area (Å²) in [6.07, 6.45) is 7.83. The van der Waals surface area contributed by atoms with Gasteiger partial charge >= 0.3 is 11.9 Å². The maximum atomic E-state index is 13.2. The van der Waals surface area contributed by atoms with Crippen LogP contribution in [0.1, 0.15) is 72.7 Å². The molecule has 3 aliphatic rings. The van der Waals surface area contributed by atoms with Crippen LogP contribution in [0.3, 0.4) is 0 Å². The second-order valence-electron chi connectivity index (χ2n) is 8.37. The number of fused-ring (bicyclic) bond motifs is 3. The molecule has 164 valence electrons. The van der Waals surface area contributed by atoms with Gasteiger partial charge in [0.2, 0.25) is 5.91 Å². The molecule has 7 nitrogen and oxygen atoms in total. The Hall–Kier alpha value is -1.93. The van der Waals surface area contributed by atoms with Crippen LogP contribution < -0.4 is 5.32 Å². The Labute approximate surface area is 180 Å². The molecule has 8 heteroatoms. The number of rotatable bonds is 5. The first-order valence-electron chi connectivity index (χ1n) is 11.0. The molecule has 4 atom stereocenters. The molecule has 1 amide bonds. The van der Waals surface area contributed by atoms with E-state index >= 15 is 0 Å². The molecule has 0 unspecified atom stereocenters. The van der Waals surface area contributed by atoms with Gasteiger partial charge < -0.3 is 19.9 Å². The summed E-state index contributed by atoms with van der Waals surface area (Å²) in [7, 11) is 0. The molecule has 0 aromatic carbocycles. The van der Waals surface area contributed by atoms with Gasteiger partial charge in [-0.25, -0.2) is 4.79 Å². The van der Waals surface area contributed by atoms with E-state index in [0.29, 0.717) is 23.4 Å². The number of esters is 1. The molecule has 0 radical (unpaired) electrons. The SMILES string of the molecule is CCOC(=O)c1c(NC(=O)[C@@H]2[C@@H](C(=O)O)[C@H]3CC[C@H]2O3)sc2c1CCCCCCC2. The smallest absolute Gasteiger partial charge is 0.341 e.